The first kappa shape index (κ1) is 17.2. The van der Waals surface area contributed by atoms with Gasteiger partial charge < -0.3 is 5.32 Å². The molecule has 1 aromatic heterocycles. The Bertz CT molecular complexity index is 911. The maximum absolute atomic E-state index is 12.2. The average molecular weight is 366 g/mol. The molecule has 3 amide bonds. The van der Waals surface area contributed by atoms with Crippen LogP contribution in [0.2, 0.25) is 0 Å². The Labute approximate surface area is 153 Å². The van der Waals surface area contributed by atoms with Crippen molar-refractivity contribution in [2.45, 2.75) is 0 Å². The van der Waals surface area contributed by atoms with Crippen LogP contribution in [-0.4, -0.2) is 27.7 Å². The van der Waals surface area contributed by atoms with Gasteiger partial charge in [-0.1, -0.05) is 53.0 Å². The average Bonchev–Trinajstić information content (AvgIpc) is 3.11. The van der Waals surface area contributed by atoms with Crippen molar-refractivity contribution in [3.05, 3.63) is 71.9 Å². The Hall–Kier alpha value is -3.59. The zero-order valence-corrected chi connectivity index (χ0v) is 14.2. The smallest absolute Gasteiger partial charge is 0.308 e. The maximum Gasteiger partial charge on any atom is 0.324 e. The lowest BCUT2D eigenvalue weighted by atomic mass is 10.2. The van der Waals surface area contributed by atoms with Crippen molar-refractivity contribution in [1.29, 1.82) is 0 Å². The zero-order valence-electron chi connectivity index (χ0n) is 13.4. The highest BCUT2D eigenvalue weighted by Crippen LogP contribution is 2.18. The molecule has 1 heterocycles. The first-order valence-electron chi connectivity index (χ1n) is 7.56. The molecule has 0 atom stereocenters. The fraction of sp³-hybridized carbons (Fsp3) is 0. The normalized spacial score (nSPS) is 10.5. The van der Waals surface area contributed by atoms with E-state index in [2.05, 4.69) is 30.7 Å². The Kier molecular flexibility index (Phi) is 5.63. The van der Waals surface area contributed by atoms with Crippen LogP contribution in [0.25, 0.3) is 0 Å². The second-order valence-corrected chi connectivity index (χ2v) is 5.76. The highest BCUT2D eigenvalue weighted by atomic mass is 32.1. The van der Waals surface area contributed by atoms with Crippen molar-refractivity contribution in [3.8, 4) is 0 Å². The number of hydrogen-bond donors (Lipinski definition) is 3. The molecule has 9 heteroatoms. The molecular formula is C17H14N6O2S. The van der Waals surface area contributed by atoms with Crippen LogP contribution in [0.5, 0.6) is 0 Å². The van der Waals surface area contributed by atoms with Crippen molar-refractivity contribution in [2.75, 3.05) is 10.6 Å². The first-order valence-corrected chi connectivity index (χ1v) is 8.33. The van der Waals surface area contributed by atoms with Crippen molar-refractivity contribution >= 4 is 40.4 Å². The molecule has 0 fully saturated rings. The number of para-hydroxylation sites is 1. The third kappa shape index (κ3) is 4.71. The topological polar surface area (TPSA) is 108 Å². The van der Waals surface area contributed by atoms with Gasteiger partial charge in [-0.25, -0.2) is 10.2 Å². The summed E-state index contributed by atoms with van der Waals surface area (Å²) in [5, 5.41) is 13.0. The van der Waals surface area contributed by atoms with Gasteiger partial charge in [-0.05, 0) is 17.7 Å². The summed E-state index contributed by atoms with van der Waals surface area (Å²) in [6, 6.07) is 17.7. The van der Waals surface area contributed by atoms with E-state index in [0.717, 1.165) is 17.1 Å². The summed E-state index contributed by atoms with van der Waals surface area (Å²) in [6.45, 7) is 0. The van der Waals surface area contributed by atoms with E-state index in [4.69, 9.17) is 0 Å². The number of anilines is 2. The number of carbonyl (C=O) groups is 2. The van der Waals surface area contributed by atoms with Gasteiger partial charge in [0.15, 0.2) is 10.7 Å². The molecule has 2 aromatic carbocycles. The SMILES string of the molecule is O=C(Nc1ccccc1)Nc1snnc1C(=O)N/N=C\c1ccccc1. The number of hydrazone groups is 1. The van der Waals surface area contributed by atoms with Gasteiger partial charge in [0.2, 0.25) is 0 Å². The Morgan fingerprint density at radius 2 is 1.65 bits per heavy atom. The molecule has 0 radical (unpaired) electrons. The van der Waals surface area contributed by atoms with E-state index in [1.807, 2.05) is 36.4 Å². The highest BCUT2D eigenvalue weighted by Gasteiger charge is 2.18. The fourth-order valence-electron chi connectivity index (χ4n) is 1.97. The third-order valence-electron chi connectivity index (χ3n) is 3.14. The van der Waals surface area contributed by atoms with Crippen LogP contribution in [0, 0.1) is 0 Å². The number of nitrogens with one attached hydrogen (secondary N) is 3. The van der Waals surface area contributed by atoms with Gasteiger partial charge in [0.25, 0.3) is 5.91 Å². The number of rotatable bonds is 5. The van der Waals surface area contributed by atoms with Gasteiger partial charge in [0.1, 0.15) is 0 Å². The summed E-state index contributed by atoms with van der Waals surface area (Å²) < 4.78 is 3.71. The van der Waals surface area contributed by atoms with E-state index in [1.54, 1.807) is 24.3 Å². The molecule has 0 unspecified atom stereocenters. The maximum atomic E-state index is 12.2. The predicted molar refractivity (Wildman–Crippen MR) is 100 cm³/mol. The number of nitrogens with zero attached hydrogens (tertiary/aromatic N) is 3. The molecule has 26 heavy (non-hydrogen) atoms. The molecule has 8 nitrogen and oxygen atoms in total. The van der Waals surface area contributed by atoms with Crippen LogP contribution in [0.1, 0.15) is 16.1 Å². The molecule has 0 saturated carbocycles. The molecule has 0 saturated heterocycles. The van der Waals surface area contributed by atoms with Crippen LogP contribution in [0.15, 0.2) is 65.8 Å². The number of benzene rings is 2. The Balaban J connectivity index is 1.59. The highest BCUT2D eigenvalue weighted by molar-refractivity contribution is 7.10. The largest absolute Gasteiger partial charge is 0.324 e. The van der Waals surface area contributed by atoms with Crippen molar-refractivity contribution < 1.29 is 9.59 Å². The molecular weight excluding hydrogens is 352 g/mol. The van der Waals surface area contributed by atoms with Crippen LogP contribution >= 0.6 is 11.5 Å². The van der Waals surface area contributed by atoms with E-state index in [-0.39, 0.29) is 10.7 Å². The van der Waals surface area contributed by atoms with Crippen LogP contribution < -0.4 is 16.1 Å². The summed E-state index contributed by atoms with van der Waals surface area (Å²) >= 11 is 0.901. The molecule has 0 aliphatic heterocycles. The molecule has 3 aromatic rings. The second-order valence-electron chi connectivity index (χ2n) is 5.01. The lowest BCUT2D eigenvalue weighted by molar-refractivity contribution is 0.0951. The lowest BCUT2D eigenvalue weighted by Gasteiger charge is -2.06. The minimum Gasteiger partial charge on any atom is -0.308 e. The number of aromatic nitrogens is 2. The zero-order chi connectivity index (χ0) is 18.2. The minimum absolute atomic E-state index is 0.0107. The lowest BCUT2D eigenvalue weighted by Crippen LogP contribution is -2.23. The summed E-state index contributed by atoms with van der Waals surface area (Å²) in [4.78, 5) is 24.2. The number of urea groups is 1. The standard InChI is InChI=1S/C17H14N6O2S/c24-15(22-18-11-12-7-3-1-4-8-12)14-16(26-23-21-14)20-17(25)19-13-9-5-2-6-10-13/h1-11H,(H,22,24)(H2,19,20,25)/b18-11-. The molecule has 3 N–H and O–H groups in total. The second kappa shape index (κ2) is 8.49. The Morgan fingerprint density at radius 3 is 2.38 bits per heavy atom. The van der Waals surface area contributed by atoms with Crippen molar-refractivity contribution in [2.24, 2.45) is 5.10 Å². The van der Waals surface area contributed by atoms with Gasteiger partial charge in [0, 0.05) is 17.2 Å². The molecule has 130 valence electrons. The van der Waals surface area contributed by atoms with Crippen LogP contribution in [-0.2, 0) is 0 Å². The van der Waals surface area contributed by atoms with E-state index in [9.17, 15) is 9.59 Å². The third-order valence-corrected chi connectivity index (χ3v) is 3.78. The van der Waals surface area contributed by atoms with E-state index >= 15 is 0 Å². The van der Waals surface area contributed by atoms with Gasteiger partial charge in [-0.15, -0.1) is 5.10 Å². The Morgan fingerprint density at radius 1 is 0.962 bits per heavy atom. The van der Waals surface area contributed by atoms with E-state index < -0.39 is 11.9 Å². The fourth-order valence-corrected chi connectivity index (χ4v) is 2.53. The molecule has 0 aliphatic rings. The van der Waals surface area contributed by atoms with Crippen LogP contribution in [0.4, 0.5) is 15.5 Å². The summed E-state index contributed by atoms with van der Waals surface area (Å²) in [5.74, 6) is -0.569. The monoisotopic (exact) mass is 366 g/mol. The van der Waals surface area contributed by atoms with Crippen molar-refractivity contribution in [1.82, 2.24) is 15.0 Å². The molecule has 0 aliphatic carbocycles. The van der Waals surface area contributed by atoms with Crippen LogP contribution in [0.3, 0.4) is 0 Å². The van der Waals surface area contributed by atoms with Gasteiger partial charge in [-0.2, -0.15) is 5.10 Å². The summed E-state index contributed by atoms with van der Waals surface area (Å²) in [5.41, 5.74) is 3.81. The van der Waals surface area contributed by atoms with Gasteiger partial charge in [0.05, 0.1) is 6.21 Å². The van der Waals surface area contributed by atoms with Gasteiger partial charge >= 0.3 is 6.03 Å². The molecule has 0 bridgehead atoms. The summed E-state index contributed by atoms with van der Waals surface area (Å²) in [7, 11) is 0. The first-order chi connectivity index (χ1) is 12.7. The number of amides is 3. The van der Waals surface area contributed by atoms with E-state index in [0.29, 0.717) is 5.69 Å². The number of carbonyl (C=O) groups excluding carboxylic acids is 2. The predicted octanol–water partition coefficient (Wildman–Crippen LogP) is 2.95. The quantitative estimate of drug-likeness (QED) is 0.476. The van der Waals surface area contributed by atoms with E-state index in [1.165, 1.54) is 6.21 Å². The molecule has 3 rings (SSSR count). The minimum atomic E-state index is -0.569. The van der Waals surface area contributed by atoms with Crippen molar-refractivity contribution in [3.63, 3.8) is 0 Å². The number of hydrogen-bond acceptors (Lipinski definition) is 6. The summed E-state index contributed by atoms with van der Waals surface area (Å²) in [6.07, 6.45) is 1.51. The van der Waals surface area contributed by atoms with Gasteiger partial charge in [-0.3, -0.25) is 10.1 Å². The molecule has 0 spiro atoms.